The minimum absolute atomic E-state index is 0.0457. The van der Waals surface area contributed by atoms with Crippen molar-refractivity contribution in [2.45, 2.75) is 58.8 Å². The number of nitrogens with zero attached hydrogens (tertiary/aromatic N) is 3. The van der Waals surface area contributed by atoms with Gasteiger partial charge in [0.15, 0.2) is 0 Å². The summed E-state index contributed by atoms with van der Waals surface area (Å²) in [6.07, 6.45) is 6.28. The van der Waals surface area contributed by atoms with Crippen LogP contribution in [0.1, 0.15) is 58.8 Å². The van der Waals surface area contributed by atoms with Gasteiger partial charge in [0.25, 0.3) is 10.2 Å². The van der Waals surface area contributed by atoms with E-state index in [1.54, 1.807) is 8.61 Å². The van der Waals surface area contributed by atoms with Crippen LogP contribution in [0.25, 0.3) is 0 Å². The van der Waals surface area contributed by atoms with Crippen LogP contribution in [-0.2, 0) is 15.0 Å². The zero-order valence-corrected chi connectivity index (χ0v) is 16.6. The van der Waals surface area contributed by atoms with Gasteiger partial charge in [-0.1, -0.05) is 13.8 Å². The third kappa shape index (κ3) is 4.19. The molecule has 0 aromatic carbocycles. The standard InChI is InChI=1S/C18H33N3O3S/c1-16(2)7-13-19-14-18(9-6-17(19)22)8-5-12-21(15-18)25(23,24)20-10-3-4-11-20/h16H,3-15H2,1-2H3. The second-order valence-electron chi connectivity index (χ2n) is 8.55. The molecular formula is C18H33N3O3S. The number of hydrogen-bond acceptors (Lipinski definition) is 3. The van der Waals surface area contributed by atoms with Crippen molar-refractivity contribution < 1.29 is 13.2 Å². The van der Waals surface area contributed by atoms with Gasteiger partial charge in [0.2, 0.25) is 5.91 Å². The van der Waals surface area contributed by atoms with Gasteiger partial charge in [0, 0.05) is 51.1 Å². The lowest BCUT2D eigenvalue weighted by Gasteiger charge is -2.48. The summed E-state index contributed by atoms with van der Waals surface area (Å²) in [5.74, 6) is 0.815. The van der Waals surface area contributed by atoms with Gasteiger partial charge in [-0.25, -0.2) is 0 Å². The van der Waals surface area contributed by atoms with E-state index >= 15 is 0 Å². The van der Waals surface area contributed by atoms with Crippen molar-refractivity contribution in [1.29, 1.82) is 0 Å². The number of amides is 1. The summed E-state index contributed by atoms with van der Waals surface area (Å²) in [7, 11) is -3.33. The van der Waals surface area contributed by atoms with Crippen molar-refractivity contribution in [1.82, 2.24) is 13.5 Å². The first-order chi connectivity index (χ1) is 11.8. The Kier molecular flexibility index (Phi) is 5.75. The van der Waals surface area contributed by atoms with Crippen LogP contribution in [-0.4, -0.2) is 67.1 Å². The number of hydrogen-bond donors (Lipinski definition) is 0. The lowest BCUT2D eigenvalue weighted by molar-refractivity contribution is -0.138. The Morgan fingerprint density at radius 2 is 1.68 bits per heavy atom. The van der Waals surface area contributed by atoms with Crippen molar-refractivity contribution in [3.63, 3.8) is 0 Å². The summed E-state index contributed by atoms with van der Waals surface area (Å²) in [6.45, 7) is 8.40. The molecule has 3 aliphatic rings. The smallest absolute Gasteiger partial charge is 0.281 e. The molecule has 144 valence electrons. The van der Waals surface area contributed by atoms with Crippen LogP contribution in [0, 0.1) is 11.3 Å². The van der Waals surface area contributed by atoms with Crippen molar-refractivity contribution in [2.24, 2.45) is 11.3 Å². The quantitative estimate of drug-likeness (QED) is 0.743. The molecule has 1 spiro atoms. The Morgan fingerprint density at radius 3 is 2.36 bits per heavy atom. The van der Waals surface area contributed by atoms with E-state index < -0.39 is 10.2 Å². The Bertz CT molecular complexity index is 586. The maximum Gasteiger partial charge on any atom is 0.281 e. The first-order valence-corrected chi connectivity index (χ1v) is 11.3. The average molecular weight is 372 g/mol. The van der Waals surface area contributed by atoms with Gasteiger partial charge in [-0.2, -0.15) is 17.0 Å². The van der Waals surface area contributed by atoms with Gasteiger partial charge in [-0.3, -0.25) is 4.79 Å². The molecule has 0 radical (unpaired) electrons. The summed E-state index contributed by atoms with van der Waals surface area (Å²) in [5.41, 5.74) is -0.0457. The topological polar surface area (TPSA) is 60.9 Å². The molecule has 0 aromatic heterocycles. The maximum atomic E-state index is 12.9. The van der Waals surface area contributed by atoms with Gasteiger partial charge >= 0.3 is 0 Å². The molecule has 0 aliphatic carbocycles. The van der Waals surface area contributed by atoms with Crippen molar-refractivity contribution in [3.8, 4) is 0 Å². The first-order valence-electron chi connectivity index (χ1n) is 9.85. The van der Waals surface area contributed by atoms with Crippen LogP contribution in [0.2, 0.25) is 0 Å². The van der Waals surface area contributed by atoms with Gasteiger partial charge in [0.1, 0.15) is 0 Å². The predicted molar refractivity (Wildman–Crippen MR) is 98.2 cm³/mol. The highest BCUT2D eigenvalue weighted by molar-refractivity contribution is 7.86. The fourth-order valence-corrected chi connectivity index (χ4v) is 6.34. The molecule has 0 aromatic rings. The molecule has 3 aliphatic heterocycles. The maximum absolute atomic E-state index is 12.9. The summed E-state index contributed by atoms with van der Waals surface area (Å²) < 4.78 is 29.2. The Labute approximate surface area is 152 Å². The summed E-state index contributed by atoms with van der Waals surface area (Å²) in [5, 5.41) is 0. The number of carbonyl (C=O) groups is 1. The first kappa shape index (κ1) is 19.1. The second-order valence-corrected chi connectivity index (χ2v) is 10.5. The van der Waals surface area contributed by atoms with Crippen LogP contribution < -0.4 is 0 Å². The van der Waals surface area contributed by atoms with Crippen LogP contribution in [0.4, 0.5) is 0 Å². The molecule has 0 saturated carbocycles. The number of rotatable bonds is 5. The van der Waals surface area contributed by atoms with E-state index in [1.807, 2.05) is 4.90 Å². The average Bonchev–Trinajstić information content (AvgIpc) is 3.11. The zero-order valence-electron chi connectivity index (χ0n) is 15.7. The molecular weight excluding hydrogens is 338 g/mol. The summed E-state index contributed by atoms with van der Waals surface area (Å²) in [6, 6.07) is 0. The number of piperidine rings is 2. The molecule has 0 bridgehead atoms. The van der Waals surface area contributed by atoms with Gasteiger partial charge in [0.05, 0.1) is 0 Å². The SMILES string of the molecule is CC(C)CCN1CC2(CCCN(S(=O)(=O)N3CCCC3)C2)CCC1=O. The minimum atomic E-state index is -3.33. The fraction of sp³-hybridized carbons (Fsp3) is 0.944. The highest BCUT2D eigenvalue weighted by Gasteiger charge is 2.45. The molecule has 3 rings (SSSR count). The molecule has 25 heavy (non-hydrogen) atoms. The highest BCUT2D eigenvalue weighted by atomic mass is 32.2. The van der Waals surface area contributed by atoms with Crippen LogP contribution in [0.5, 0.6) is 0 Å². The largest absolute Gasteiger partial charge is 0.342 e. The van der Waals surface area contributed by atoms with Crippen molar-refractivity contribution >= 4 is 16.1 Å². The Hall–Kier alpha value is -0.660. The normalized spacial score (nSPS) is 29.9. The molecule has 3 saturated heterocycles. The van der Waals surface area contributed by atoms with Crippen molar-refractivity contribution in [3.05, 3.63) is 0 Å². The van der Waals surface area contributed by atoms with E-state index in [9.17, 15) is 13.2 Å². The van der Waals surface area contributed by atoms with Gasteiger partial charge in [-0.05, 0) is 44.4 Å². The second kappa shape index (κ2) is 7.53. The molecule has 1 amide bonds. The van der Waals surface area contributed by atoms with Gasteiger partial charge in [-0.15, -0.1) is 0 Å². The van der Waals surface area contributed by atoms with Gasteiger partial charge < -0.3 is 4.90 Å². The van der Waals surface area contributed by atoms with Crippen LogP contribution >= 0.6 is 0 Å². The Morgan fingerprint density at radius 1 is 1.00 bits per heavy atom. The lowest BCUT2D eigenvalue weighted by atomic mass is 9.74. The molecule has 1 unspecified atom stereocenters. The van der Waals surface area contributed by atoms with E-state index in [2.05, 4.69) is 13.8 Å². The van der Waals surface area contributed by atoms with Crippen molar-refractivity contribution in [2.75, 3.05) is 39.3 Å². The zero-order chi connectivity index (χ0) is 18.1. The number of carbonyl (C=O) groups excluding carboxylic acids is 1. The molecule has 7 heteroatoms. The third-order valence-corrected chi connectivity index (χ3v) is 8.05. The highest BCUT2D eigenvalue weighted by Crippen LogP contribution is 2.40. The summed E-state index contributed by atoms with van der Waals surface area (Å²) >= 11 is 0. The van der Waals surface area contributed by atoms with E-state index in [4.69, 9.17) is 0 Å². The van der Waals surface area contributed by atoms with E-state index in [0.717, 1.165) is 51.6 Å². The van der Waals surface area contributed by atoms with Crippen LogP contribution in [0.15, 0.2) is 0 Å². The minimum Gasteiger partial charge on any atom is -0.342 e. The third-order valence-electron chi connectivity index (χ3n) is 6.07. The Balaban J connectivity index is 1.69. The predicted octanol–water partition coefficient (Wildman–Crippen LogP) is 2.08. The van der Waals surface area contributed by atoms with E-state index in [-0.39, 0.29) is 11.3 Å². The molecule has 1 atom stereocenters. The van der Waals surface area contributed by atoms with Crippen LogP contribution in [0.3, 0.4) is 0 Å². The monoisotopic (exact) mass is 371 g/mol. The van der Waals surface area contributed by atoms with E-state index in [1.165, 1.54) is 0 Å². The summed E-state index contributed by atoms with van der Waals surface area (Å²) in [4.78, 5) is 14.3. The lowest BCUT2D eigenvalue weighted by Crippen LogP contribution is -2.57. The molecule has 3 fully saturated rings. The molecule has 3 heterocycles. The van der Waals surface area contributed by atoms with E-state index in [0.29, 0.717) is 38.5 Å². The number of likely N-dealkylation sites (tertiary alicyclic amines) is 1. The molecule has 0 N–H and O–H groups in total. The fourth-order valence-electron chi connectivity index (χ4n) is 4.49. The molecule has 6 nitrogen and oxygen atoms in total.